The predicted molar refractivity (Wildman–Crippen MR) is 74.0 cm³/mol. The number of nitrogens with zero attached hydrogens (tertiary/aromatic N) is 2. The smallest absolute Gasteiger partial charge is 0.145 e. The summed E-state index contributed by atoms with van der Waals surface area (Å²) in [6.07, 6.45) is 5.19. The molecule has 0 spiro atoms. The van der Waals surface area contributed by atoms with Crippen LogP contribution in [0.25, 0.3) is 11.3 Å². The first-order valence-corrected chi connectivity index (χ1v) is 6.01. The van der Waals surface area contributed by atoms with Crippen LogP contribution in [0.2, 0.25) is 0 Å². The van der Waals surface area contributed by atoms with Gasteiger partial charge in [0.15, 0.2) is 0 Å². The second kappa shape index (κ2) is 5.31. The molecule has 3 nitrogen and oxygen atoms in total. The van der Waals surface area contributed by atoms with Gasteiger partial charge in [-0.3, -0.25) is 9.97 Å². The number of aromatic nitrogens is 2. The average molecular weight is 248 g/mol. The molecular formula is C16H12N2O. The van der Waals surface area contributed by atoms with Crippen LogP contribution in [0.5, 0.6) is 11.5 Å². The Morgan fingerprint density at radius 1 is 0.789 bits per heavy atom. The lowest BCUT2D eigenvalue weighted by molar-refractivity contribution is 0.480. The van der Waals surface area contributed by atoms with Crippen molar-refractivity contribution in [2.45, 2.75) is 0 Å². The van der Waals surface area contributed by atoms with Crippen LogP contribution in [-0.2, 0) is 0 Å². The summed E-state index contributed by atoms with van der Waals surface area (Å²) >= 11 is 0. The van der Waals surface area contributed by atoms with E-state index >= 15 is 0 Å². The highest BCUT2D eigenvalue weighted by molar-refractivity contribution is 5.61. The van der Waals surface area contributed by atoms with E-state index < -0.39 is 0 Å². The lowest BCUT2D eigenvalue weighted by atomic mass is 10.1. The Hall–Kier alpha value is -2.68. The molecule has 1 aromatic carbocycles. The summed E-state index contributed by atoms with van der Waals surface area (Å²) in [7, 11) is 0. The Labute approximate surface area is 111 Å². The van der Waals surface area contributed by atoms with Crippen molar-refractivity contribution < 1.29 is 4.74 Å². The molecule has 0 amide bonds. The fourth-order valence-electron chi connectivity index (χ4n) is 1.80. The summed E-state index contributed by atoms with van der Waals surface area (Å²) in [5.41, 5.74) is 1.96. The van der Waals surface area contributed by atoms with E-state index in [9.17, 15) is 0 Å². The van der Waals surface area contributed by atoms with Gasteiger partial charge in [0.1, 0.15) is 11.5 Å². The maximum absolute atomic E-state index is 5.75. The third kappa shape index (κ3) is 2.77. The quantitative estimate of drug-likeness (QED) is 0.704. The van der Waals surface area contributed by atoms with Gasteiger partial charge >= 0.3 is 0 Å². The van der Waals surface area contributed by atoms with E-state index in [0.717, 1.165) is 22.8 Å². The second-order valence-electron chi connectivity index (χ2n) is 4.03. The van der Waals surface area contributed by atoms with Gasteiger partial charge in [0.25, 0.3) is 0 Å². The van der Waals surface area contributed by atoms with Crippen LogP contribution in [0.1, 0.15) is 0 Å². The van der Waals surface area contributed by atoms with Crippen molar-refractivity contribution in [2.75, 3.05) is 0 Å². The van der Waals surface area contributed by atoms with Gasteiger partial charge in [0.2, 0.25) is 0 Å². The summed E-state index contributed by atoms with van der Waals surface area (Å²) in [4.78, 5) is 8.35. The highest BCUT2D eigenvalue weighted by Crippen LogP contribution is 2.25. The van der Waals surface area contributed by atoms with Crippen LogP contribution >= 0.6 is 0 Å². The van der Waals surface area contributed by atoms with E-state index in [4.69, 9.17) is 4.74 Å². The second-order valence-corrected chi connectivity index (χ2v) is 4.03. The van der Waals surface area contributed by atoms with Gasteiger partial charge in [-0.05, 0) is 36.4 Å². The van der Waals surface area contributed by atoms with Gasteiger partial charge in [0.05, 0.1) is 11.9 Å². The topological polar surface area (TPSA) is 35.0 Å². The van der Waals surface area contributed by atoms with Crippen LogP contribution in [0.3, 0.4) is 0 Å². The average Bonchev–Trinajstić information content (AvgIpc) is 2.49. The molecule has 3 rings (SSSR count). The van der Waals surface area contributed by atoms with Crippen molar-refractivity contribution in [3.8, 4) is 22.8 Å². The van der Waals surface area contributed by atoms with E-state index in [-0.39, 0.29) is 0 Å². The maximum atomic E-state index is 5.75. The van der Waals surface area contributed by atoms with E-state index in [1.165, 1.54) is 0 Å². The third-order valence-corrected chi connectivity index (χ3v) is 2.66. The Kier molecular flexibility index (Phi) is 3.19. The molecule has 3 heteroatoms. The minimum absolute atomic E-state index is 0.723. The van der Waals surface area contributed by atoms with Gasteiger partial charge in [-0.2, -0.15) is 0 Å². The van der Waals surface area contributed by atoms with Gasteiger partial charge < -0.3 is 4.74 Å². The molecule has 0 fully saturated rings. The maximum Gasteiger partial charge on any atom is 0.145 e. The summed E-state index contributed by atoms with van der Waals surface area (Å²) in [5.74, 6) is 1.50. The van der Waals surface area contributed by atoms with E-state index in [0.29, 0.717) is 0 Å². The van der Waals surface area contributed by atoms with Crippen LogP contribution in [0.4, 0.5) is 0 Å². The summed E-state index contributed by atoms with van der Waals surface area (Å²) in [6.45, 7) is 0. The minimum atomic E-state index is 0.723. The number of ether oxygens (including phenoxy) is 1. The zero-order chi connectivity index (χ0) is 12.9. The standard InChI is InChI=1S/C16H12N2O/c1-2-10-18-16(8-1)13-5-3-6-14(11-13)19-15-7-4-9-17-12-15/h1-12H. The molecule has 92 valence electrons. The number of pyridine rings is 2. The Morgan fingerprint density at radius 2 is 1.74 bits per heavy atom. The largest absolute Gasteiger partial charge is 0.456 e. The molecule has 0 radical (unpaired) electrons. The molecule has 0 aliphatic rings. The van der Waals surface area contributed by atoms with Crippen molar-refractivity contribution in [1.29, 1.82) is 0 Å². The van der Waals surface area contributed by atoms with Gasteiger partial charge in [-0.25, -0.2) is 0 Å². The Bertz CT molecular complexity index is 654. The number of hydrogen-bond donors (Lipinski definition) is 0. The molecule has 0 N–H and O–H groups in total. The number of benzene rings is 1. The monoisotopic (exact) mass is 248 g/mol. The summed E-state index contributed by atoms with van der Waals surface area (Å²) in [6, 6.07) is 17.4. The molecule has 3 aromatic rings. The lowest BCUT2D eigenvalue weighted by Crippen LogP contribution is -1.86. The molecule has 19 heavy (non-hydrogen) atoms. The summed E-state index contributed by atoms with van der Waals surface area (Å²) in [5, 5.41) is 0. The zero-order valence-electron chi connectivity index (χ0n) is 10.2. The molecule has 2 heterocycles. The van der Waals surface area contributed by atoms with E-state index in [2.05, 4.69) is 9.97 Å². The molecule has 0 unspecified atom stereocenters. The highest BCUT2D eigenvalue weighted by Gasteiger charge is 2.01. The first-order valence-electron chi connectivity index (χ1n) is 6.01. The van der Waals surface area contributed by atoms with Gasteiger partial charge in [-0.15, -0.1) is 0 Å². The first kappa shape index (κ1) is 11.4. The number of hydrogen-bond acceptors (Lipinski definition) is 3. The Balaban J connectivity index is 1.89. The van der Waals surface area contributed by atoms with Crippen LogP contribution in [-0.4, -0.2) is 9.97 Å². The summed E-state index contributed by atoms with van der Waals surface area (Å²) < 4.78 is 5.75. The molecular weight excluding hydrogens is 236 g/mol. The highest BCUT2D eigenvalue weighted by atomic mass is 16.5. The van der Waals surface area contributed by atoms with Crippen molar-refractivity contribution in [3.05, 3.63) is 73.2 Å². The zero-order valence-corrected chi connectivity index (χ0v) is 10.2. The molecule has 0 aliphatic carbocycles. The van der Waals surface area contributed by atoms with Gasteiger partial charge in [-0.1, -0.05) is 18.2 Å². The first-order chi connectivity index (χ1) is 9.42. The molecule has 0 saturated carbocycles. The minimum Gasteiger partial charge on any atom is -0.456 e. The van der Waals surface area contributed by atoms with Crippen LogP contribution in [0, 0.1) is 0 Å². The fourth-order valence-corrected chi connectivity index (χ4v) is 1.80. The predicted octanol–water partition coefficient (Wildman–Crippen LogP) is 3.94. The third-order valence-electron chi connectivity index (χ3n) is 2.66. The van der Waals surface area contributed by atoms with Crippen molar-refractivity contribution in [2.24, 2.45) is 0 Å². The molecule has 0 atom stereocenters. The normalized spacial score (nSPS) is 10.1. The number of rotatable bonds is 3. The molecule has 0 saturated heterocycles. The van der Waals surface area contributed by atoms with Crippen molar-refractivity contribution >= 4 is 0 Å². The van der Waals surface area contributed by atoms with Crippen LogP contribution < -0.4 is 4.74 Å². The molecule has 0 aliphatic heterocycles. The van der Waals surface area contributed by atoms with Crippen molar-refractivity contribution in [1.82, 2.24) is 9.97 Å². The van der Waals surface area contributed by atoms with E-state index in [1.54, 1.807) is 18.6 Å². The SMILES string of the molecule is c1ccc(-c2cccc(Oc3cccnc3)c2)nc1. The van der Waals surface area contributed by atoms with Crippen molar-refractivity contribution in [3.63, 3.8) is 0 Å². The molecule has 2 aromatic heterocycles. The van der Waals surface area contributed by atoms with Gasteiger partial charge in [0, 0.05) is 18.0 Å². The Morgan fingerprint density at radius 3 is 2.53 bits per heavy atom. The lowest BCUT2D eigenvalue weighted by Gasteiger charge is -2.06. The van der Waals surface area contributed by atoms with Crippen LogP contribution in [0.15, 0.2) is 73.2 Å². The fraction of sp³-hybridized carbons (Fsp3) is 0. The molecule has 0 bridgehead atoms. The van der Waals surface area contributed by atoms with E-state index in [1.807, 2.05) is 54.6 Å².